The number of fused-ring (bicyclic) bond motifs is 2. The maximum Gasteiger partial charge on any atom is 0.335 e. The first-order chi connectivity index (χ1) is 12.4. The Kier molecular flexibility index (Phi) is 4.45. The lowest BCUT2D eigenvalue weighted by molar-refractivity contribution is -0.132. The molecule has 1 aromatic carbocycles. The van der Waals surface area contributed by atoms with Crippen LogP contribution in [0.2, 0.25) is 0 Å². The number of carboxylic acids is 1. The third-order valence-electron chi connectivity index (χ3n) is 3.98. The molecule has 1 aromatic rings. The molecule has 5 heteroatoms. The van der Waals surface area contributed by atoms with Crippen LogP contribution in [-0.4, -0.2) is 16.2 Å². The van der Waals surface area contributed by atoms with Gasteiger partial charge in [0.05, 0.1) is 5.57 Å². The molecule has 0 bridgehead atoms. The molecule has 1 aliphatic heterocycles. The smallest absolute Gasteiger partial charge is 0.335 e. The van der Waals surface area contributed by atoms with E-state index in [9.17, 15) is 19.8 Å². The second kappa shape index (κ2) is 6.72. The average molecular weight is 348 g/mol. The number of hydrogen-bond acceptors (Lipinski definition) is 4. The summed E-state index contributed by atoms with van der Waals surface area (Å²) in [5, 5.41) is 19.8. The highest BCUT2D eigenvalue weighted by molar-refractivity contribution is 6.11. The molecule has 130 valence electrons. The highest BCUT2D eigenvalue weighted by atomic mass is 16.4. The monoisotopic (exact) mass is 348 g/mol. The van der Waals surface area contributed by atoms with E-state index in [4.69, 9.17) is 4.42 Å². The zero-order valence-electron chi connectivity index (χ0n) is 14.0. The largest absolute Gasteiger partial charge is 0.508 e. The molecule has 0 amide bonds. The zero-order chi connectivity index (χ0) is 18.8. The molecule has 2 N–H and O–H groups in total. The maximum absolute atomic E-state index is 11.7. The second-order valence-electron chi connectivity index (χ2n) is 5.71. The van der Waals surface area contributed by atoms with Gasteiger partial charge in [-0.2, -0.15) is 0 Å². The lowest BCUT2D eigenvalue weighted by Gasteiger charge is -2.17. The molecule has 0 fully saturated rings. The number of aromatic hydroxyl groups is 1. The van der Waals surface area contributed by atoms with Crippen molar-refractivity contribution in [1.29, 1.82) is 0 Å². The predicted molar refractivity (Wildman–Crippen MR) is 100 cm³/mol. The second-order valence-corrected chi connectivity index (χ2v) is 5.71. The van der Waals surface area contributed by atoms with Crippen molar-refractivity contribution in [1.82, 2.24) is 0 Å². The number of carboxylic acid groups (broad SMARTS) is 1. The van der Waals surface area contributed by atoms with Gasteiger partial charge in [0.2, 0.25) is 0 Å². The number of phenolic OH excluding ortho intramolecular Hbond substituents is 1. The van der Waals surface area contributed by atoms with Crippen molar-refractivity contribution in [3.05, 3.63) is 82.6 Å². The number of carbonyl (C=O) groups is 1. The summed E-state index contributed by atoms with van der Waals surface area (Å²) in [6, 6.07) is 8.89. The molecule has 3 rings (SSSR count). The van der Waals surface area contributed by atoms with Crippen molar-refractivity contribution in [3.8, 4) is 17.1 Å². The molecule has 0 atom stereocenters. The number of phenols is 1. The van der Waals surface area contributed by atoms with Gasteiger partial charge in [-0.05, 0) is 36.8 Å². The van der Waals surface area contributed by atoms with Gasteiger partial charge in [-0.15, -0.1) is 0 Å². The first kappa shape index (κ1) is 17.2. The van der Waals surface area contributed by atoms with Crippen LogP contribution in [0, 0.1) is 0 Å². The summed E-state index contributed by atoms with van der Waals surface area (Å²) in [5.41, 5.74) is 1.57. The molecule has 1 heterocycles. The molecule has 0 saturated carbocycles. The summed E-state index contributed by atoms with van der Waals surface area (Å²) in [5.74, 6) is -0.849. The Morgan fingerprint density at radius 2 is 1.96 bits per heavy atom. The predicted octanol–water partition coefficient (Wildman–Crippen LogP) is 4.20. The van der Waals surface area contributed by atoms with Gasteiger partial charge in [-0.25, -0.2) is 4.79 Å². The Morgan fingerprint density at radius 1 is 1.19 bits per heavy atom. The third kappa shape index (κ3) is 3.02. The van der Waals surface area contributed by atoms with Gasteiger partial charge in [0.15, 0.2) is 5.43 Å². The lowest BCUT2D eigenvalue weighted by atomic mass is 9.89. The van der Waals surface area contributed by atoms with Crippen molar-refractivity contribution in [2.45, 2.75) is 6.92 Å². The fraction of sp³-hybridized carbons (Fsp3) is 0.0476. The van der Waals surface area contributed by atoms with Crippen LogP contribution >= 0.6 is 0 Å². The van der Waals surface area contributed by atoms with E-state index in [0.29, 0.717) is 33.4 Å². The molecular weight excluding hydrogens is 332 g/mol. The van der Waals surface area contributed by atoms with Crippen molar-refractivity contribution >= 4 is 22.5 Å². The first-order valence-electron chi connectivity index (χ1n) is 7.88. The molecule has 0 saturated heterocycles. The SMILES string of the molecule is C=C(C(=O)O)/C(=C\C=C/C)c1c2ccc(=O)cc-2oc2cc(O)ccc12. The molecule has 1 aliphatic carbocycles. The Hall–Kier alpha value is -3.60. The van der Waals surface area contributed by atoms with Crippen LogP contribution in [0.4, 0.5) is 0 Å². The van der Waals surface area contributed by atoms with E-state index in [-0.39, 0.29) is 16.8 Å². The van der Waals surface area contributed by atoms with E-state index >= 15 is 0 Å². The van der Waals surface area contributed by atoms with Gasteiger partial charge < -0.3 is 14.6 Å². The summed E-state index contributed by atoms with van der Waals surface area (Å²) in [6.07, 6.45) is 5.14. The van der Waals surface area contributed by atoms with Crippen LogP contribution in [0.3, 0.4) is 0 Å². The van der Waals surface area contributed by atoms with E-state index in [0.717, 1.165) is 0 Å². The van der Waals surface area contributed by atoms with Crippen LogP contribution in [0.1, 0.15) is 12.5 Å². The Bertz CT molecular complexity index is 1110. The highest BCUT2D eigenvalue weighted by Crippen LogP contribution is 2.40. The fourth-order valence-corrected chi connectivity index (χ4v) is 2.79. The normalized spacial score (nSPS) is 12.1. The number of hydrogen-bond donors (Lipinski definition) is 2. The van der Waals surface area contributed by atoms with Crippen molar-refractivity contribution < 1.29 is 19.4 Å². The number of rotatable bonds is 4. The maximum atomic E-state index is 11.7. The number of allylic oxidation sites excluding steroid dienone is 3. The van der Waals surface area contributed by atoms with E-state index in [2.05, 4.69) is 6.58 Å². The standard InChI is InChI=1S/C21H16O5/c1-3-4-5-15(12(2)21(24)25)20-16-8-6-13(22)10-18(16)26-19-11-14(23)7-9-17(19)20/h3-11,22H,2H2,1H3,(H,24,25)/b4-3-,15-5+. The van der Waals surface area contributed by atoms with Crippen molar-refractivity contribution in [2.75, 3.05) is 0 Å². The summed E-state index contributed by atoms with van der Waals surface area (Å²) in [6.45, 7) is 5.50. The van der Waals surface area contributed by atoms with Crippen LogP contribution < -0.4 is 5.43 Å². The van der Waals surface area contributed by atoms with Crippen molar-refractivity contribution in [2.24, 2.45) is 0 Å². The first-order valence-corrected chi connectivity index (χ1v) is 7.88. The summed E-state index contributed by atoms with van der Waals surface area (Å²) < 4.78 is 5.76. The van der Waals surface area contributed by atoms with E-state index in [1.54, 1.807) is 30.4 Å². The minimum Gasteiger partial charge on any atom is -0.508 e. The number of aliphatic carboxylic acids is 1. The molecule has 2 aliphatic rings. The van der Waals surface area contributed by atoms with E-state index in [1.165, 1.54) is 24.3 Å². The van der Waals surface area contributed by atoms with Crippen LogP contribution in [0.15, 0.2) is 76.0 Å². The summed E-state index contributed by atoms with van der Waals surface area (Å²) in [7, 11) is 0. The summed E-state index contributed by atoms with van der Waals surface area (Å²) in [4.78, 5) is 23.3. The van der Waals surface area contributed by atoms with Gasteiger partial charge in [-0.3, -0.25) is 4.79 Å². The van der Waals surface area contributed by atoms with Gasteiger partial charge >= 0.3 is 5.97 Å². The van der Waals surface area contributed by atoms with E-state index < -0.39 is 5.97 Å². The average Bonchev–Trinajstić information content (AvgIpc) is 2.60. The Morgan fingerprint density at radius 3 is 2.65 bits per heavy atom. The molecule has 0 unspecified atom stereocenters. The number of benzene rings is 2. The molecule has 26 heavy (non-hydrogen) atoms. The molecular formula is C21H16O5. The minimum absolute atomic E-state index is 0.000808. The van der Waals surface area contributed by atoms with E-state index in [1.807, 2.05) is 6.92 Å². The van der Waals surface area contributed by atoms with Crippen molar-refractivity contribution in [3.63, 3.8) is 0 Å². The zero-order valence-corrected chi connectivity index (χ0v) is 14.0. The summed E-state index contributed by atoms with van der Waals surface area (Å²) >= 11 is 0. The lowest BCUT2D eigenvalue weighted by Crippen LogP contribution is -2.06. The topological polar surface area (TPSA) is 87.7 Å². The molecule has 0 spiro atoms. The van der Waals surface area contributed by atoms with Gasteiger partial charge in [-0.1, -0.05) is 24.8 Å². The van der Waals surface area contributed by atoms with Gasteiger partial charge in [0.1, 0.15) is 17.1 Å². The Labute approximate surface area is 149 Å². The fourth-order valence-electron chi connectivity index (χ4n) is 2.79. The van der Waals surface area contributed by atoms with Crippen LogP contribution in [0.5, 0.6) is 5.75 Å². The van der Waals surface area contributed by atoms with Crippen LogP contribution in [-0.2, 0) is 4.79 Å². The molecule has 0 aromatic heterocycles. The molecule has 5 nitrogen and oxygen atoms in total. The quantitative estimate of drug-likeness (QED) is 0.419. The minimum atomic E-state index is -1.15. The third-order valence-corrected chi connectivity index (χ3v) is 3.98. The Balaban J connectivity index is 2.50. The van der Waals surface area contributed by atoms with Crippen LogP contribution in [0.25, 0.3) is 27.9 Å². The molecule has 0 radical (unpaired) electrons. The highest BCUT2D eigenvalue weighted by Gasteiger charge is 2.22. The van der Waals surface area contributed by atoms with Gasteiger partial charge in [0, 0.05) is 28.6 Å². The van der Waals surface area contributed by atoms with Gasteiger partial charge in [0.25, 0.3) is 0 Å².